The van der Waals surface area contributed by atoms with E-state index in [9.17, 15) is 9.59 Å². The van der Waals surface area contributed by atoms with Crippen LogP contribution in [0.1, 0.15) is 47.2 Å². The van der Waals surface area contributed by atoms with Gasteiger partial charge in [0.15, 0.2) is 11.5 Å². The average Bonchev–Trinajstić information content (AvgIpc) is 2.83. The molecule has 33 heavy (non-hydrogen) atoms. The molecule has 0 aliphatic carbocycles. The summed E-state index contributed by atoms with van der Waals surface area (Å²) in [6, 6.07) is 11.2. The second-order valence-corrected chi connectivity index (χ2v) is 8.37. The van der Waals surface area contributed by atoms with E-state index in [4.69, 9.17) is 14.2 Å². The number of carbonyl (C=O) groups is 2. The van der Waals surface area contributed by atoms with E-state index in [2.05, 4.69) is 5.32 Å². The smallest absolute Gasteiger partial charge is 0.251 e. The number of methoxy groups -OCH3 is 2. The Bertz CT molecular complexity index is 947. The lowest BCUT2D eigenvalue weighted by Gasteiger charge is -2.32. The molecule has 0 bridgehead atoms. The van der Waals surface area contributed by atoms with E-state index >= 15 is 0 Å². The Morgan fingerprint density at radius 1 is 1.00 bits per heavy atom. The second kappa shape index (κ2) is 11.6. The maximum Gasteiger partial charge on any atom is 0.251 e. The van der Waals surface area contributed by atoms with Crippen LogP contribution in [0.2, 0.25) is 0 Å². The first-order chi connectivity index (χ1) is 15.9. The molecular formula is C26H34N2O5. The molecule has 1 saturated heterocycles. The third-order valence-corrected chi connectivity index (χ3v) is 6.02. The van der Waals surface area contributed by atoms with E-state index in [1.165, 1.54) is 0 Å². The molecule has 178 valence electrons. The fourth-order valence-electron chi connectivity index (χ4n) is 4.10. The summed E-state index contributed by atoms with van der Waals surface area (Å²) in [6.07, 6.45) is 2.63. The number of likely N-dealkylation sites (tertiary alicyclic amines) is 1. The number of para-hydroxylation sites is 1. The zero-order valence-electron chi connectivity index (χ0n) is 20.0. The number of rotatable bonds is 9. The molecule has 3 rings (SSSR count). The van der Waals surface area contributed by atoms with E-state index < -0.39 is 0 Å². The topological polar surface area (TPSA) is 77.1 Å². The minimum atomic E-state index is -0.149. The summed E-state index contributed by atoms with van der Waals surface area (Å²) in [7, 11) is 3.10. The van der Waals surface area contributed by atoms with Gasteiger partial charge in [-0.25, -0.2) is 0 Å². The van der Waals surface area contributed by atoms with Gasteiger partial charge in [-0.1, -0.05) is 18.2 Å². The summed E-state index contributed by atoms with van der Waals surface area (Å²) in [5, 5.41) is 3.07. The molecule has 1 aliphatic rings. The number of nitrogens with one attached hydrogen (secondary N) is 1. The van der Waals surface area contributed by atoms with Crippen LogP contribution in [-0.2, 0) is 4.79 Å². The van der Waals surface area contributed by atoms with Crippen LogP contribution in [0, 0.1) is 13.8 Å². The second-order valence-electron chi connectivity index (χ2n) is 8.37. The summed E-state index contributed by atoms with van der Waals surface area (Å²) in [5.41, 5.74) is 2.74. The van der Waals surface area contributed by atoms with Crippen LogP contribution in [0.25, 0.3) is 0 Å². The summed E-state index contributed by atoms with van der Waals surface area (Å²) >= 11 is 0. The minimum Gasteiger partial charge on any atom is -0.493 e. The zero-order chi connectivity index (χ0) is 23.8. The third kappa shape index (κ3) is 6.40. The van der Waals surface area contributed by atoms with Crippen molar-refractivity contribution >= 4 is 11.8 Å². The van der Waals surface area contributed by atoms with Gasteiger partial charge in [-0.05, 0) is 62.4 Å². The quantitative estimate of drug-likeness (QED) is 0.582. The van der Waals surface area contributed by atoms with Gasteiger partial charge in [0.05, 0.1) is 20.8 Å². The maximum atomic E-state index is 12.6. The SMILES string of the molecule is COc1ccc(C(=O)NC2CCN(C(=O)CCCOc3c(C)cccc3C)CC2)cc1OC. The first-order valence-corrected chi connectivity index (χ1v) is 11.4. The number of nitrogens with zero attached hydrogens (tertiary/aromatic N) is 1. The molecule has 0 radical (unpaired) electrons. The number of hydrogen-bond donors (Lipinski definition) is 1. The van der Waals surface area contributed by atoms with Crippen LogP contribution < -0.4 is 19.5 Å². The first kappa shape index (κ1) is 24.4. The Labute approximate surface area is 196 Å². The Balaban J connectivity index is 1.40. The number of amides is 2. The fraction of sp³-hybridized carbons (Fsp3) is 0.462. The number of ether oxygens (including phenoxy) is 3. The molecule has 2 aromatic rings. The summed E-state index contributed by atoms with van der Waals surface area (Å²) < 4.78 is 16.4. The van der Waals surface area contributed by atoms with Crippen molar-refractivity contribution in [3.05, 3.63) is 53.1 Å². The van der Waals surface area contributed by atoms with E-state index in [0.717, 1.165) is 29.7 Å². The van der Waals surface area contributed by atoms with Gasteiger partial charge in [-0.2, -0.15) is 0 Å². The molecule has 0 atom stereocenters. The molecule has 1 N–H and O–H groups in total. The summed E-state index contributed by atoms with van der Waals surface area (Å²) in [4.78, 5) is 27.1. The van der Waals surface area contributed by atoms with Crippen LogP contribution in [-0.4, -0.2) is 56.7 Å². The van der Waals surface area contributed by atoms with Gasteiger partial charge in [-0.15, -0.1) is 0 Å². The van der Waals surface area contributed by atoms with Crippen LogP contribution in [0.4, 0.5) is 0 Å². The molecule has 2 amide bonds. The highest BCUT2D eigenvalue weighted by Crippen LogP contribution is 2.27. The normalized spacial score (nSPS) is 14.0. The molecule has 1 fully saturated rings. The predicted molar refractivity (Wildman–Crippen MR) is 127 cm³/mol. The van der Waals surface area contributed by atoms with Crippen molar-refractivity contribution < 1.29 is 23.8 Å². The standard InChI is InChI=1S/C26H34N2O5/c1-18-7-5-8-19(2)25(18)33-16-6-9-24(29)28-14-12-21(13-15-28)27-26(30)20-10-11-22(31-3)23(17-20)32-4/h5,7-8,10-11,17,21H,6,9,12-16H2,1-4H3,(H,27,30). The number of carbonyl (C=O) groups excluding carboxylic acids is 2. The van der Waals surface area contributed by atoms with Crippen molar-refractivity contribution in [3.8, 4) is 17.2 Å². The molecule has 7 nitrogen and oxygen atoms in total. The van der Waals surface area contributed by atoms with Gasteiger partial charge < -0.3 is 24.4 Å². The molecule has 0 aromatic heterocycles. The average molecular weight is 455 g/mol. The number of benzene rings is 2. The van der Waals surface area contributed by atoms with E-state index in [0.29, 0.717) is 49.6 Å². The monoisotopic (exact) mass is 454 g/mol. The lowest BCUT2D eigenvalue weighted by Crippen LogP contribution is -2.46. The molecule has 1 aliphatic heterocycles. The van der Waals surface area contributed by atoms with Crippen molar-refractivity contribution in [1.29, 1.82) is 0 Å². The Kier molecular flexibility index (Phi) is 8.58. The Hall–Kier alpha value is -3.22. The molecule has 1 heterocycles. The van der Waals surface area contributed by atoms with Crippen LogP contribution >= 0.6 is 0 Å². The van der Waals surface area contributed by atoms with Gasteiger partial charge in [0, 0.05) is 31.1 Å². The van der Waals surface area contributed by atoms with Gasteiger partial charge in [0.1, 0.15) is 5.75 Å². The number of hydrogen-bond acceptors (Lipinski definition) is 5. The first-order valence-electron chi connectivity index (χ1n) is 11.4. The number of piperidine rings is 1. The van der Waals surface area contributed by atoms with Gasteiger partial charge in [0.2, 0.25) is 5.91 Å². The highest BCUT2D eigenvalue weighted by Gasteiger charge is 2.24. The van der Waals surface area contributed by atoms with E-state index in [-0.39, 0.29) is 17.9 Å². The van der Waals surface area contributed by atoms with E-state index in [1.54, 1.807) is 32.4 Å². The third-order valence-electron chi connectivity index (χ3n) is 6.02. The van der Waals surface area contributed by atoms with Crippen molar-refractivity contribution in [1.82, 2.24) is 10.2 Å². The lowest BCUT2D eigenvalue weighted by atomic mass is 10.0. The van der Waals surface area contributed by atoms with Gasteiger partial charge in [0.25, 0.3) is 5.91 Å². The van der Waals surface area contributed by atoms with Crippen molar-refractivity contribution in [2.75, 3.05) is 33.9 Å². The molecule has 7 heteroatoms. The highest BCUT2D eigenvalue weighted by molar-refractivity contribution is 5.95. The Morgan fingerprint density at radius 2 is 1.67 bits per heavy atom. The molecular weight excluding hydrogens is 420 g/mol. The van der Waals surface area contributed by atoms with E-state index in [1.807, 2.05) is 36.9 Å². The van der Waals surface area contributed by atoms with Gasteiger partial charge in [-0.3, -0.25) is 9.59 Å². The Morgan fingerprint density at radius 3 is 2.30 bits per heavy atom. The predicted octanol–water partition coefficient (Wildman–Crippen LogP) is 3.90. The zero-order valence-corrected chi connectivity index (χ0v) is 20.0. The van der Waals surface area contributed by atoms with Gasteiger partial charge >= 0.3 is 0 Å². The fourth-order valence-corrected chi connectivity index (χ4v) is 4.10. The highest BCUT2D eigenvalue weighted by atomic mass is 16.5. The lowest BCUT2D eigenvalue weighted by molar-refractivity contribution is -0.132. The van der Waals surface area contributed by atoms with Crippen molar-refractivity contribution in [2.24, 2.45) is 0 Å². The molecule has 0 unspecified atom stereocenters. The van der Waals surface area contributed by atoms with Crippen LogP contribution in [0.15, 0.2) is 36.4 Å². The minimum absolute atomic E-state index is 0.0435. The largest absolute Gasteiger partial charge is 0.493 e. The van der Waals surface area contributed by atoms with Crippen molar-refractivity contribution in [3.63, 3.8) is 0 Å². The molecule has 0 spiro atoms. The molecule has 0 saturated carbocycles. The van der Waals surface area contributed by atoms with Crippen LogP contribution in [0.3, 0.4) is 0 Å². The van der Waals surface area contributed by atoms with Crippen molar-refractivity contribution in [2.45, 2.75) is 45.6 Å². The maximum absolute atomic E-state index is 12.6. The summed E-state index contributed by atoms with van der Waals surface area (Å²) in [6.45, 7) is 5.87. The number of aryl methyl sites for hydroxylation is 2. The molecule has 2 aromatic carbocycles. The van der Waals surface area contributed by atoms with Crippen LogP contribution in [0.5, 0.6) is 17.2 Å². The summed E-state index contributed by atoms with van der Waals surface area (Å²) in [5.74, 6) is 2.01.